The highest BCUT2D eigenvalue weighted by Crippen LogP contribution is 2.29. The van der Waals surface area contributed by atoms with Crippen molar-refractivity contribution in [3.8, 4) is 0 Å². The molecule has 0 bridgehead atoms. The molecule has 1 saturated carbocycles. The molecule has 7 heteroatoms. The largest absolute Gasteiger partial charge is 0.352 e. The maximum Gasteiger partial charge on any atom is 0.240 e. The molecule has 1 aliphatic carbocycles. The lowest BCUT2D eigenvalue weighted by Crippen LogP contribution is -2.61. The SMILES string of the molecule is CS(=O)(=O)N1CCC(NC(=O)C2(N)CCC2)CC1. The molecular weight excluding hydrogens is 254 g/mol. The van der Waals surface area contributed by atoms with Crippen molar-refractivity contribution in [1.82, 2.24) is 9.62 Å². The molecule has 104 valence electrons. The Hall–Kier alpha value is -0.660. The van der Waals surface area contributed by atoms with Gasteiger partial charge in [0.2, 0.25) is 15.9 Å². The molecule has 3 N–H and O–H groups in total. The van der Waals surface area contributed by atoms with E-state index in [1.807, 2.05) is 0 Å². The first-order valence-corrected chi connectivity index (χ1v) is 8.21. The van der Waals surface area contributed by atoms with Crippen LogP contribution in [-0.2, 0) is 14.8 Å². The van der Waals surface area contributed by atoms with Crippen LogP contribution in [0.25, 0.3) is 0 Å². The monoisotopic (exact) mass is 275 g/mol. The van der Waals surface area contributed by atoms with Crippen molar-refractivity contribution in [3.63, 3.8) is 0 Å². The third-order valence-corrected chi connectivity index (χ3v) is 5.26. The minimum absolute atomic E-state index is 0.0523. The Labute approximate surface area is 108 Å². The number of carbonyl (C=O) groups is 1. The Balaban J connectivity index is 1.82. The summed E-state index contributed by atoms with van der Waals surface area (Å²) < 4.78 is 24.2. The van der Waals surface area contributed by atoms with Crippen LogP contribution in [0.15, 0.2) is 0 Å². The van der Waals surface area contributed by atoms with Gasteiger partial charge >= 0.3 is 0 Å². The van der Waals surface area contributed by atoms with Crippen LogP contribution in [0.1, 0.15) is 32.1 Å². The van der Waals surface area contributed by atoms with Gasteiger partial charge in [0.25, 0.3) is 0 Å². The van der Waals surface area contributed by atoms with Gasteiger partial charge in [-0.1, -0.05) is 0 Å². The van der Waals surface area contributed by atoms with Crippen molar-refractivity contribution in [2.75, 3.05) is 19.3 Å². The molecule has 18 heavy (non-hydrogen) atoms. The second kappa shape index (κ2) is 4.79. The van der Waals surface area contributed by atoms with E-state index in [-0.39, 0.29) is 11.9 Å². The first kappa shape index (κ1) is 13.8. The summed E-state index contributed by atoms with van der Waals surface area (Å²) in [5, 5.41) is 2.95. The number of hydrogen-bond donors (Lipinski definition) is 2. The maximum atomic E-state index is 11.9. The lowest BCUT2D eigenvalue weighted by atomic mass is 9.77. The summed E-state index contributed by atoms with van der Waals surface area (Å²) in [6.45, 7) is 0.947. The van der Waals surface area contributed by atoms with E-state index in [2.05, 4.69) is 5.32 Å². The summed E-state index contributed by atoms with van der Waals surface area (Å²) in [6, 6.07) is 0.0523. The average molecular weight is 275 g/mol. The van der Waals surface area contributed by atoms with Crippen molar-refractivity contribution in [2.24, 2.45) is 5.73 Å². The fourth-order valence-corrected chi connectivity index (χ4v) is 3.32. The molecule has 0 aromatic carbocycles. The van der Waals surface area contributed by atoms with Gasteiger partial charge in [-0.05, 0) is 32.1 Å². The van der Waals surface area contributed by atoms with Gasteiger partial charge in [0.15, 0.2) is 0 Å². The fourth-order valence-electron chi connectivity index (χ4n) is 2.45. The van der Waals surface area contributed by atoms with E-state index in [0.29, 0.717) is 25.9 Å². The summed E-state index contributed by atoms with van der Waals surface area (Å²) in [7, 11) is -3.10. The third-order valence-electron chi connectivity index (χ3n) is 3.96. The Morgan fingerprint density at radius 3 is 2.28 bits per heavy atom. The molecule has 0 spiro atoms. The van der Waals surface area contributed by atoms with Gasteiger partial charge in [-0.2, -0.15) is 0 Å². The average Bonchev–Trinajstić information content (AvgIpc) is 2.25. The summed E-state index contributed by atoms with van der Waals surface area (Å²) in [5.74, 6) is -0.0773. The smallest absolute Gasteiger partial charge is 0.240 e. The van der Waals surface area contributed by atoms with E-state index in [0.717, 1.165) is 19.3 Å². The van der Waals surface area contributed by atoms with E-state index in [1.165, 1.54) is 10.6 Å². The van der Waals surface area contributed by atoms with Crippen LogP contribution in [0, 0.1) is 0 Å². The molecule has 0 aromatic heterocycles. The predicted octanol–water partition coefficient (Wildman–Crippen LogP) is -0.592. The van der Waals surface area contributed by atoms with Crippen molar-refractivity contribution in [2.45, 2.75) is 43.7 Å². The standard InChI is InChI=1S/C11H21N3O3S/c1-18(16,17)14-7-3-9(4-8-14)13-10(15)11(12)5-2-6-11/h9H,2-8,12H2,1H3,(H,13,15). The van der Waals surface area contributed by atoms with E-state index < -0.39 is 15.6 Å². The quantitative estimate of drug-likeness (QED) is 0.720. The zero-order valence-electron chi connectivity index (χ0n) is 10.7. The van der Waals surface area contributed by atoms with Crippen molar-refractivity contribution >= 4 is 15.9 Å². The van der Waals surface area contributed by atoms with E-state index >= 15 is 0 Å². The van der Waals surface area contributed by atoms with Gasteiger partial charge in [0.05, 0.1) is 11.8 Å². The normalized spacial score (nSPS) is 25.4. The molecular formula is C11H21N3O3S. The highest BCUT2D eigenvalue weighted by Gasteiger charge is 2.41. The number of carbonyl (C=O) groups excluding carboxylic acids is 1. The Morgan fingerprint density at radius 2 is 1.89 bits per heavy atom. The number of amides is 1. The van der Waals surface area contributed by atoms with Crippen LogP contribution in [0.5, 0.6) is 0 Å². The van der Waals surface area contributed by atoms with Gasteiger partial charge < -0.3 is 11.1 Å². The van der Waals surface area contributed by atoms with E-state index in [9.17, 15) is 13.2 Å². The molecule has 0 aromatic rings. The number of nitrogens with zero attached hydrogens (tertiary/aromatic N) is 1. The second-order valence-corrected chi connectivity index (χ2v) is 7.40. The Kier molecular flexibility index (Phi) is 3.66. The number of nitrogens with two attached hydrogens (primary N) is 1. The Morgan fingerprint density at radius 1 is 1.33 bits per heavy atom. The lowest BCUT2D eigenvalue weighted by Gasteiger charge is -2.39. The zero-order chi connectivity index (χ0) is 13.4. The van der Waals surface area contributed by atoms with Gasteiger partial charge in [-0.25, -0.2) is 12.7 Å². The fraction of sp³-hybridized carbons (Fsp3) is 0.909. The van der Waals surface area contributed by atoms with Crippen LogP contribution in [0.3, 0.4) is 0 Å². The van der Waals surface area contributed by atoms with Gasteiger partial charge in [0, 0.05) is 19.1 Å². The van der Waals surface area contributed by atoms with Gasteiger partial charge in [0.1, 0.15) is 0 Å². The molecule has 1 saturated heterocycles. The number of nitrogens with one attached hydrogen (secondary N) is 1. The molecule has 6 nitrogen and oxygen atoms in total. The van der Waals surface area contributed by atoms with Crippen LogP contribution < -0.4 is 11.1 Å². The molecule has 2 aliphatic rings. The summed E-state index contributed by atoms with van der Waals surface area (Å²) in [5.41, 5.74) is 5.27. The van der Waals surface area contributed by atoms with Crippen molar-refractivity contribution in [3.05, 3.63) is 0 Å². The van der Waals surface area contributed by atoms with Crippen LogP contribution in [0.2, 0.25) is 0 Å². The highest BCUT2D eigenvalue weighted by atomic mass is 32.2. The number of rotatable bonds is 3. The zero-order valence-corrected chi connectivity index (χ0v) is 11.5. The molecule has 0 unspecified atom stereocenters. The lowest BCUT2D eigenvalue weighted by molar-refractivity contribution is -0.130. The maximum absolute atomic E-state index is 11.9. The van der Waals surface area contributed by atoms with E-state index in [4.69, 9.17) is 5.73 Å². The molecule has 0 radical (unpaired) electrons. The van der Waals surface area contributed by atoms with Crippen molar-refractivity contribution in [1.29, 1.82) is 0 Å². The topological polar surface area (TPSA) is 92.5 Å². The molecule has 1 amide bonds. The third kappa shape index (κ3) is 2.84. The molecule has 1 aliphatic heterocycles. The van der Waals surface area contributed by atoms with E-state index in [1.54, 1.807) is 0 Å². The summed E-state index contributed by atoms with van der Waals surface area (Å²) >= 11 is 0. The van der Waals surface area contributed by atoms with Crippen LogP contribution in [-0.4, -0.2) is 49.6 Å². The minimum Gasteiger partial charge on any atom is -0.352 e. The first-order chi connectivity index (χ1) is 8.31. The van der Waals surface area contributed by atoms with Gasteiger partial charge in [-0.3, -0.25) is 4.79 Å². The van der Waals surface area contributed by atoms with Crippen LogP contribution >= 0.6 is 0 Å². The number of hydrogen-bond acceptors (Lipinski definition) is 4. The second-order valence-electron chi connectivity index (χ2n) is 5.42. The molecule has 0 atom stereocenters. The minimum atomic E-state index is -3.10. The highest BCUT2D eigenvalue weighted by molar-refractivity contribution is 7.88. The molecule has 2 fully saturated rings. The van der Waals surface area contributed by atoms with Gasteiger partial charge in [-0.15, -0.1) is 0 Å². The summed E-state index contributed by atoms with van der Waals surface area (Å²) in [6.07, 6.45) is 5.05. The first-order valence-electron chi connectivity index (χ1n) is 6.36. The summed E-state index contributed by atoms with van der Waals surface area (Å²) in [4.78, 5) is 11.9. The number of sulfonamides is 1. The number of piperidine rings is 1. The molecule has 2 rings (SSSR count). The molecule has 1 heterocycles. The van der Waals surface area contributed by atoms with Crippen molar-refractivity contribution < 1.29 is 13.2 Å². The Bertz CT molecular complexity index is 423. The van der Waals surface area contributed by atoms with Crippen LogP contribution in [0.4, 0.5) is 0 Å². The predicted molar refractivity (Wildman–Crippen MR) is 68.4 cm³/mol.